The molecule has 0 bridgehead atoms. The van der Waals surface area contributed by atoms with Crippen molar-refractivity contribution in [3.63, 3.8) is 0 Å². The molecular weight excluding hydrogens is 264 g/mol. The Balaban J connectivity index is 1.70. The predicted molar refractivity (Wildman–Crippen MR) is 72.9 cm³/mol. The van der Waals surface area contributed by atoms with E-state index in [4.69, 9.17) is 0 Å². The van der Waals surface area contributed by atoms with Crippen molar-refractivity contribution in [3.05, 3.63) is 0 Å². The first-order valence-corrected chi connectivity index (χ1v) is 7.67. The highest BCUT2D eigenvalue weighted by molar-refractivity contribution is 7.99. The Morgan fingerprint density at radius 1 is 1.47 bits per heavy atom. The summed E-state index contributed by atoms with van der Waals surface area (Å²) in [4.78, 5) is 11.5. The van der Waals surface area contributed by atoms with Crippen molar-refractivity contribution >= 4 is 17.7 Å². The van der Waals surface area contributed by atoms with Crippen LogP contribution in [0.4, 0.5) is 0 Å². The molecule has 1 aliphatic carbocycles. The van der Waals surface area contributed by atoms with Gasteiger partial charge in [0.05, 0.1) is 12.3 Å². The molecule has 7 nitrogen and oxygen atoms in total. The van der Waals surface area contributed by atoms with Crippen LogP contribution in [-0.2, 0) is 11.3 Å². The molecule has 0 saturated heterocycles. The number of hydrogen-bond acceptors (Lipinski definition) is 6. The molecule has 2 rings (SSSR count). The van der Waals surface area contributed by atoms with Crippen molar-refractivity contribution in [1.29, 1.82) is 0 Å². The monoisotopic (exact) mass is 284 g/mol. The molecule has 1 heterocycles. The second-order valence-corrected chi connectivity index (χ2v) is 5.49. The zero-order chi connectivity index (χ0) is 13.5. The van der Waals surface area contributed by atoms with Gasteiger partial charge in [0.25, 0.3) is 0 Å². The number of nitrogens with one attached hydrogen (secondary N) is 2. The normalized spacial score (nSPS) is 14.6. The van der Waals surface area contributed by atoms with Gasteiger partial charge in [0, 0.05) is 19.1 Å². The smallest absolute Gasteiger partial charge is 0.230 e. The van der Waals surface area contributed by atoms with Crippen LogP contribution in [0.2, 0.25) is 0 Å². The van der Waals surface area contributed by atoms with Gasteiger partial charge in [0.1, 0.15) is 0 Å². The van der Waals surface area contributed by atoms with E-state index in [2.05, 4.69) is 26.2 Å². The number of hydrogen-bond donors (Lipinski definition) is 2. The average molecular weight is 284 g/mol. The van der Waals surface area contributed by atoms with Gasteiger partial charge in [-0.3, -0.25) is 4.79 Å². The third-order valence-electron chi connectivity index (χ3n) is 2.74. The van der Waals surface area contributed by atoms with Crippen LogP contribution >= 0.6 is 11.8 Å². The first-order valence-electron chi connectivity index (χ1n) is 6.68. The largest absolute Gasteiger partial charge is 0.355 e. The maximum absolute atomic E-state index is 11.5. The Morgan fingerprint density at radius 2 is 2.32 bits per heavy atom. The molecule has 1 aromatic heterocycles. The highest BCUT2D eigenvalue weighted by atomic mass is 32.2. The average Bonchev–Trinajstić information content (AvgIpc) is 3.12. The van der Waals surface area contributed by atoms with Gasteiger partial charge in [-0.25, -0.2) is 4.68 Å². The second-order valence-electron chi connectivity index (χ2n) is 4.55. The molecule has 1 amide bonds. The third-order valence-corrected chi connectivity index (χ3v) is 3.69. The SMILES string of the molecule is CCCNC(=O)CSc1nnnn1CCNC1CC1. The Bertz CT molecular complexity index is 406. The fraction of sp³-hybridized carbons (Fsp3) is 0.818. The summed E-state index contributed by atoms with van der Waals surface area (Å²) < 4.78 is 1.74. The minimum atomic E-state index is 0.0255. The molecule has 0 aromatic carbocycles. The van der Waals surface area contributed by atoms with Crippen LogP contribution < -0.4 is 10.6 Å². The highest BCUT2D eigenvalue weighted by Crippen LogP contribution is 2.18. The van der Waals surface area contributed by atoms with Crippen LogP contribution in [0, 0.1) is 0 Å². The van der Waals surface area contributed by atoms with Gasteiger partial charge >= 0.3 is 0 Å². The van der Waals surface area contributed by atoms with Crippen molar-refractivity contribution < 1.29 is 4.79 Å². The van der Waals surface area contributed by atoms with Crippen LogP contribution in [0.15, 0.2) is 5.16 Å². The topological polar surface area (TPSA) is 84.7 Å². The van der Waals surface area contributed by atoms with Crippen molar-refractivity contribution in [3.8, 4) is 0 Å². The van der Waals surface area contributed by atoms with E-state index in [1.807, 2.05) is 6.92 Å². The summed E-state index contributed by atoms with van der Waals surface area (Å²) in [5.74, 6) is 0.383. The van der Waals surface area contributed by atoms with E-state index in [-0.39, 0.29) is 5.91 Å². The molecule has 8 heteroatoms. The van der Waals surface area contributed by atoms with Gasteiger partial charge in [-0.05, 0) is 29.7 Å². The van der Waals surface area contributed by atoms with Crippen molar-refractivity contribution in [2.45, 2.75) is 43.9 Å². The van der Waals surface area contributed by atoms with Gasteiger partial charge in [0.15, 0.2) is 0 Å². The van der Waals surface area contributed by atoms with E-state index >= 15 is 0 Å². The number of amides is 1. The molecule has 19 heavy (non-hydrogen) atoms. The van der Waals surface area contributed by atoms with Crippen LogP contribution in [-0.4, -0.2) is 51.0 Å². The Labute approximate surface area is 116 Å². The summed E-state index contributed by atoms with van der Waals surface area (Å²) >= 11 is 1.37. The fourth-order valence-corrected chi connectivity index (χ4v) is 2.28. The third kappa shape index (κ3) is 5.15. The molecule has 2 N–H and O–H groups in total. The Kier molecular flexibility index (Phi) is 5.59. The van der Waals surface area contributed by atoms with Crippen molar-refractivity contribution in [2.24, 2.45) is 0 Å². The standard InChI is InChI=1S/C11H20N6OS/c1-2-5-13-10(18)8-19-11-14-15-16-17(11)7-6-12-9-3-4-9/h9,12H,2-8H2,1H3,(H,13,18). The molecular formula is C11H20N6OS. The van der Waals surface area contributed by atoms with E-state index in [9.17, 15) is 4.79 Å². The molecule has 1 aromatic rings. The van der Waals surface area contributed by atoms with Crippen molar-refractivity contribution in [2.75, 3.05) is 18.8 Å². The lowest BCUT2D eigenvalue weighted by atomic mass is 10.5. The lowest BCUT2D eigenvalue weighted by Crippen LogP contribution is -2.26. The molecule has 0 atom stereocenters. The molecule has 106 valence electrons. The lowest BCUT2D eigenvalue weighted by molar-refractivity contribution is -0.118. The van der Waals surface area contributed by atoms with Gasteiger partial charge < -0.3 is 10.6 Å². The summed E-state index contributed by atoms with van der Waals surface area (Å²) in [5, 5.41) is 18.5. The summed E-state index contributed by atoms with van der Waals surface area (Å²) in [7, 11) is 0. The number of aromatic nitrogens is 4. The first kappa shape index (κ1) is 14.3. The summed E-state index contributed by atoms with van der Waals surface area (Å²) in [6.07, 6.45) is 3.49. The molecule has 0 radical (unpaired) electrons. The minimum Gasteiger partial charge on any atom is -0.355 e. The Hall–Kier alpha value is -1.15. The van der Waals surface area contributed by atoms with E-state index in [0.717, 1.165) is 26.1 Å². The molecule has 0 spiro atoms. The van der Waals surface area contributed by atoms with Gasteiger partial charge in [-0.1, -0.05) is 18.7 Å². The minimum absolute atomic E-state index is 0.0255. The lowest BCUT2D eigenvalue weighted by Gasteiger charge is -2.05. The number of carbonyl (C=O) groups is 1. The van der Waals surface area contributed by atoms with Crippen LogP contribution in [0.3, 0.4) is 0 Å². The van der Waals surface area contributed by atoms with Crippen LogP contribution in [0.25, 0.3) is 0 Å². The van der Waals surface area contributed by atoms with Crippen LogP contribution in [0.1, 0.15) is 26.2 Å². The summed E-state index contributed by atoms with van der Waals surface area (Å²) in [6.45, 7) is 4.35. The van der Waals surface area contributed by atoms with Gasteiger partial charge in [-0.15, -0.1) is 5.10 Å². The number of thioether (sulfide) groups is 1. The van der Waals surface area contributed by atoms with E-state index < -0.39 is 0 Å². The van der Waals surface area contributed by atoms with Crippen LogP contribution in [0.5, 0.6) is 0 Å². The number of carbonyl (C=O) groups excluding carboxylic acids is 1. The number of nitrogens with zero attached hydrogens (tertiary/aromatic N) is 4. The van der Waals surface area contributed by atoms with Gasteiger partial charge in [0.2, 0.25) is 11.1 Å². The van der Waals surface area contributed by atoms with Crippen molar-refractivity contribution in [1.82, 2.24) is 30.8 Å². The predicted octanol–water partition coefficient (Wildman–Crippen LogP) is 0.0434. The number of tetrazole rings is 1. The second kappa shape index (κ2) is 7.44. The summed E-state index contributed by atoms with van der Waals surface area (Å²) in [5.41, 5.74) is 0. The molecule has 1 fully saturated rings. The molecule has 1 saturated carbocycles. The molecule has 0 unspecified atom stereocenters. The number of rotatable bonds is 9. The zero-order valence-corrected chi connectivity index (χ0v) is 11.9. The maximum Gasteiger partial charge on any atom is 0.230 e. The molecule has 0 aliphatic heterocycles. The quantitative estimate of drug-likeness (QED) is 0.623. The van der Waals surface area contributed by atoms with E-state index in [1.54, 1.807) is 4.68 Å². The summed E-state index contributed by atoms with van der Waals surface area (Å²) in [6, 6.07) is 0.687. The first-order chi connectivity index (χ1) is 9.29. The van der Waals surface area contributed by atoms with E-state index in [0.29, 0.717) is 17.0 Å². The Morgan fingerprint density at radius 3 is 3.05 bits per heavy atom. The van der Waals surface area contributed by atoms with Gasteiger partial charge in [-0.2, -0.15) is 0 Å². The molecule has 1 aliphatic rings. The maximum atomic E-state index is 11.5. The fourth-order valence-electron chi connectivity index (χ4n) is 1.55. The van der Waals surface area contributed by atoms with E-state index in [1.165, 1.54) is 24.6 Å². The highest BCUT2D eigenvalue weighted by Gasteiger charge is 2.20. The zero-order valence-electron chi connectivity index (χ0n) is 11.1.